The molecular formula is C16H16F3N5O3. The van der Waals surface area contributed by atoms with E-state index in [-0.39, 0.29) is 11.6 Å². The third-order valence-electron chi connectivity index (χ3n) is 4.25. The molecule has 1 saturated heterocycles. The van der Waals surface area contributed by atoms with E-state index in [2.05, 4.69) is 10.4 Å². The Kier molecular flexibility index (Phi) is 4.77. The molecule has 0 spiro atoms. The second kappa shape index (κ2) is 6.89. The number of nitro benzene ring substituents is 1. The van der Waals surface area contributed by atoms with E-state index in [9.17, 15) is 28.1 Å². The lowest BCUT2D eigenvalue weighted by Crippen LogP contribution is -2.48. The minimum Gasteiger partial charge on any atom is -0.374 e. The van der Waals surface area contributed by atoms with Gasteiger partial charge in [0.2, 0.25) is 0 Å². The first-order chi connectivity index (χ1) is 12.7. The Balaban J connectivity index is 1.84. The Bertz CT molecular complexity index is 880. The molecule has 1 atom stereocenters. The number of anilines is 2. The number of carbonyl (C=O) groups is 1. The Hall–Kier alpha value is -3.11. The van der Waals surface area contributed by atoms with Crippen LogP contribution >= 0.6 is 0 Å². The third-order valence-corrected chi connectivity index (χ3v) is 4.25. The second-order valence-electron chi connectivity index (χ2n) is 6.16. The van der Waals surface area contributed by atoms with Crippen LogP contribution in [-0.4, -0.2) is 33.2 Å². The van der Waals surface area contributed by atoms with E-state index in [1.807, 2.05) is 0 Å². The van der Waals surface area contributed by atoms with E-state index < -0.39 is 28.4 Å². The fourth-order valence-corrected chi connectivity index (χ4v) is 3.00. The van der Waals surface area contributed by atoms with Crippen LogP contribution in [0.5, 0.6) is 0 Å². The van der Waals surface area contributed by atoms with Crippen LogP contribution in [0.4, 0.5) is 30.4 Å². The quantitative estimate of drug-likeness (QED) is 0.647. The molecule has 1 amide bonds. The average Bonchev–Trinajstić information content (AvgIpc) is 3.02. The average molecular weight is 383 g/mol. The Morgan fingerprint density at radius 2 is 2.07 bits per heavy atom. The summed E-state index contributed by atoms with van der Waals surface area (Å²) >= 11 is 0. The van der Waals surface area contributed by atoms with Crippen molar-refractivity contribution in [3.8, 4) is 0 Å². The van der Waals surface area contributed by atoms with E-state index in [0.717, 1.165) is 6.07 Å². The summed E-state index contributed by atoms with van der Waals surface area (Å²) in [6.45, 7) is 0.460. The molecule has 0 aliphatic carbocycles. The first kappa shape index (κ1) is 18.7. The molecule has 144 valence electrons. The molecule has 2 aromatic rings. The molecule has 1 aromatic carbocycles. The number of alkyl halides is 3. The van der Waals surface area contributed by atoms with Gasteiger partial charge in [0.25, 0.3) is 11.6 Å². The lowest BCUT2D eigenvalue weighted by molar-refractivity contribution is -0.388. The maximum absolute atomic E-state index is 13.1. The van der Waals surface area contributed by atoms with Gasteiger partial charge in [-0.05, 0) is 25.0 Å². The molecule has 1 unspecified atom stereocenters. The summed E-state index contributed by atoms with van der Waals surface area (Å²) in [6, 6.07) is 3.54. The summed E-state index contributed by atoms with van der Waals surface area (Å²) in [5.74, 6) is 0.153. The summed E-state index contributed by atoms with van der Waals surface area (Å²) in [5.41, 5.74) is -2.39. The lowest BCUT2D eigenvalue weighted by Gasteiger charge is -2.31. The number of piperidine rings is 1. The van der Waals surface area contributed by atoms with Crippen LogP contribution in [0.25, 0.3) is 0 Å². The maximum atomic E-state index is 13.1. The molecule has 27 heavy (non-hydrogen) atoms. The minimum absolute atomic E-state index is 0.00542. The summed E-state index contributed by atoms with van der Waals surface area (Å²) in [5, 5.41) is 17.8. The van der Waals surface area contributed by atoms with Crippen LogP contribution < -0.4 is 10.2 Å². The number of nitro groups is 1. The molecule has 1 N–H and O–H groups in total. The number of halogens is 3. The number of rotatable bonds is 4. The van der Waals surface area contributed by atoms with Gasteiger partial charge in [-0.3, -0.25) is 24.5 Å². The van der Waals surface area contributed by atoms with Crippen molar-refractivity contribution >= 4 is 23.1 Å². The number of hydrogen-bond donors (Lipinski definition) is 1. The Morgan fingerprint density at radius 3 is 2.67 bits per heavy atom. The van der Waals surface area contributed by atoms with Crippen LogP contribution in [0.2, 0.25) is 0 Å². The monoisotopic (exact) mass is 383 g/mol. The largest absolute Gasteiger partial charge is 0.423 e. The van der Waals surface area contributed by atoms with Crippen molar-refractivity contribution in [1.29, 1.82) is 0 Å². The zero-order valence-electron chi connectivity index (χ0n) is 14.2. The number of nitrogens with one attached hydrogen (secondary N) is 1. The van der Waals surface area contributed by atoms with E-state index in [1.165, 1.54) is 11.0 Å². The molecule has 1 aliphatic rings. The van der Waals surface area contributed by atoms with E-state index in [0.29, 0.717) is 31.3 Å². The van der Waals surface area contributed by atoms with Gasteiger partial charge < -0.3 is 5.32 Å². The Morgan fingerprint density at radius 1 is 1.33 bits per heavy atom. The fourth-order valence-electron chi connectivity index (χ4n) is 3.00. The molecule has 0 saturated carbocycles. The molecule has 3 rings (SSSR count). The predicted octanol–water partition coefficient (Wildman–Crippen LogP) is 2.95. The van der Waals surface area contributed by atoms with Crippen LogP contribution in [0.1, 0.15) is 18.4 Å². The summed E-state index contributed by atoms with van der Waals surface area (Å²) in [6.07, 6.45) is -2.12. The molecular weight excluding hydrogens is 367 g/mol. The van der Waals surface area contributed by atoms with Gasteiger partial charge in [-0.2, -0.15) is 18.3 Å². The van der Waals surface area contributed by atoms with Gasteiger partial charge in [-0.15, -0.1) is 0 Å². The predicted molar refractivity (Wildman–Crippen MR) is 90.3 cm³/mol. The van der Waals surface area contributed by atoms with Crippen molar-refractivity contribution in [2.24, 2.45) is 7.05 Å². The molecule has 1 aliphatic heterocycles. The highest BCUT2D eigenvalue weighted by Crippen LogP contribution is 2.38. The van der Waals surface area contributed by atoms with Crippen molar-refractivity contribution in [1.82, 2.24) is 9.78 Å². The highest BCUT2D eigenvalue weighted by molar-refractivity contribution is 5.98. The van der Waals surface area contributed by atoms with Crippen LogP contribution in [0, 0.1) is 10.1 Å². The van der Waals surface area contributed by atoms with Crippen molar-refractivity contribution in [2.45, 2.75) is 25.1 Å². The van der Waals surface area contributed by atoms with Gasteiger partial charge in [0, 0.05) is 37.6 Å². The van der Waals surface area contributed by atoms with Gasteiger partial charge >= 0.3 is 6.18 Å². The van der Waals surface area contributed by atoms with Crippen molar-refractivity contribution in [3.05, 3.63) is 46.1 Å². The zero-order valence-corrected chi connectivity index (χ0v) is 14.2. The number of aryl methyl sites for hydroxylation is 1. The number of amides is 1. The Labute approximate surface area is 151 Å². The van der Waals surface area contributed by atoms with E-state index in [1.54, 1.807) is 24.0 Å². The minimum atomic E-state index is -4.88. The second-order valence-corrected chi connectivity index (χ2v) is 6.16. The highest BCUT2D eigenvalue weighted by Gasteiger charge is 2.39. The highest BCUT2D eigenvalue weighted by atomic mass is 19.4. The van der Waals surface area contributed by atoms with E-state index in [4.69, 9.17) is 0 Å². The summed E-state index contributed by atoms with van der Waals surface area (Å²) < 4.78 is 40.9. The molecule has 2 heterocycles. The fraction of sp³-hybridized carbons (Fsp3) is 0.375. The SMILES string of the molecule is Cn1ccc(N2CCCC(Nc3ccc([N+](=O)[O-])c(C(F)(F)F)c3)C2=O)n1. The molecule has 0 radical (unpaired) electrons. The third kappa shape index (κ3) is 3.86. The number of nitrogens with zero attached hydrogens (tertiary/aromatic N) is 4. The molecule has 11 heteroatoms. The lowest BCUT2D eigenvalue weighted by atomic mass is 10.0. The van der Waals surface area contributed by atoms with Gasteiger partial charge in [0.15, 0.2) is 5.82 Å². The van der Waals surface area contributed by atoms with Crippen molar-refractivity contribution in [3.63, 3.8) is 0 Å². The number of hydrogen-bond acceptors (Lipinski definition) is 5. The first-order valence-corrected chi connectivity index (χ1v) is 8.10. The molecule has 8 nitrogen and oxygen atoms in total. The van der Waals surface area contributed by atoms with Crippen LogP contribution in [0.15, 0.2) is 30.5 Å². The standard InChI is InChI=1S/C16H16F3N5O3/c1-22-8-6-14(21-22)23-7-2-3-12(15(23)25)20-10-4-5-13(24(26)27)11(9-10)16(17,18)19/h4-6,8-9,12,20H,2-3,7H2,1H3. The zero-order chi connectivity index (χ0) is 19.8. The van der Waals surface area contributed by atoms with Gasteiger partial charge in [-0.1, -0.05) is 0 Å². The van der Waals surface area contributed by atoms with Crippen LogP contribution in [0.3, 0.4) is 0 Å². The number of aromatic nitrogens is 2. The summed E-state index contributed by atoms with van der Waals surface area (Å²) in [4.78, 5) is 23.9. The first-order valence-electron chi connectivity index (χ1n) is 8.10. The maximum Gasteiger partial charge on any atom is 0.423 e. The summed E-state index contributed by atoms with van der Waals surface area (Å²) in [7, 11) is 1.71. The van der Waals surface area contributed by atoms with Gasteiger partial charge in [-0.25, -0.2) is 0 Å². The normalized spacial score (nSPS) is 17.9. The number of carbonyl (C=O) groups excluding carboxylic acids is 1. The molecule has 0 bridgehead atoms. The van der Waals surface area contributed by atoms with Gasteiger partial charge in [0.05, 0.1) is 4.92 Å². The van der Waals surface area contributed by atoms with E-state index >= 15 is 0 Å². The van der Waals surface area contributed by atoms with Gasteiger partial charge in [0.1, 0.15) is 11.6 Å². The molecule has 1 fully saturated rings. The van der Waals surface area contributed by atoms with Crippen molar-refractivity contribution in [2.75, 3.05) is 16.8 Å². The topological polar surface area (TPSA) is 93.3 Å². The smallest absolute Gasteiger partial charge is 0.374 e. The number of benzene rings is 1. The van der Waals surface area contributed by atoms with Crippen LogP contribution in [-0.2, 0) is 18.0 Å². The molecule has 1 aromatic heterocycles. The van der Waals surface area contributed by atoms with Crippen molar-refractivity contribution < 1.29 is 22.9 Å².